The number of amidine groups is 4. The minimum Gasteiger partial charge on any atom is -0.481 e. The lowest BCUT2D eigenvalue weighted by atomic mass is 9.85. The minimum atomic E-state index is -1.58. The number of fused-ring (bicyclic) bond motifs is 14. The molecule has 560 valence electrons. The van der Waals surface area contributed by atoms with E-state index in [2.05, 4.69) is 36.2 Å². The van der Waals surface area contributed by atoms with Crippen LogP contribution in [0.5, 0.6) is 11.8 Å². The number of pyridine rings is 3. The SMILES string of the molecule is COc1ccc2cc(N3CC[C@@]4(O)C(=O)c5cc(C)c(C)cc5N=C34)ccc2n1.COc1ccc2cc(N3CC[C@@]4(O)C(=O)c5cc(C)ccc5N=C34)ccc2n1.Cc1cc2c(cc1C)C(=O)[C@]1(O)CCN(c3ccc4nnccc4c3)C1=N2.O=C1c2c(sc3c2CCCC3)N=C2N(c3ccc4ncccc4c3)CC[C@@]12O. The second-order valence-corrected chi connectivity index (χ2v) is 31.1. The first-order valence-corrected chi connectivity index (χ1v) is 38.3. The lowest BCUT2D eigenvalue weighted by molar-refractivity contribution is 0.0599. The van der Waals surface area contributed by atoms with Gasteiger partial charge in [0.2, 0.25) is 34.9 Å². The van der Waals surface area contributed by atoms with Gasteiger partial charge < -0.3 is 49.5 Å². The van der Waals surface area contributed by atoms with E-state index in [1.165, 1.54) is 11.3 Å². The molecule has 5 aromatic heterocycles. The summed E-state index contributed by atoms with van der Waals surface area (Å²) in [5, 5.41) is 57.6. The van der Waals surface area contributed by atoms with Gasteiger partial charge >= 0.3 is 0 Å². The molecule has 7 aromatic carbocycles. The van der Waals surface area contributed by atoms with E-state index < -0.39 is 22.4 Å². The Hall–Kier alpha value is -12.2. The van der Waals surface area contributed by atoms with Crippen molar-refractivity contribution in [2.75, 3.05) is 60.0 Å². The van der Waals surface area contributed by atoms with Gasteiger partial charge in [-0.15, -0.1) is 11.3 Å². The monoisotopic (exact) mass is 1510 g/mol. The van der Waals surface area contributed by atoms with Gasteiger partial charge in [0.15, 0.2) is 28.2 Å². The molecule has 12 aromatic rings. The van der Waals surface area contributed by atoms with Crippen LogP contribution in [0, 0.1) is 34.6 Å². The molecule has 8 aliphatic heterocycles. The van der Waals surface area contributed by atoms with Crippen LogP contribution in [0.2, 0.25) is 0 Å². The molecule has 13 heterocycles. The fourth-order valence-electron chi connectivity index (χ4n) is 16.7. The topological polar surface area (TPSA) is 295 Å². The van der Waals surface area contributed by atoms with E-state index in [0.717, 1.165) is 124 Å². The molecule has 4 fully saturated rings. The van der Waals surface area contributed by atoms with Gasteiger partial charge in [0.05, 0.1) is 65.1 Å². The number of rotatable bonds is 6. The lowest BCUT2D eigenvalue weighted by Crippen LogP contribution is -2.48. The van der Waals surface area contributed by atoms with Gasteiger partial charge in [-0.05, 0) is 222 Å². The molecule has 0 unspecified atom stereocenters. The van der Waals surface area contributed by atoms with Gasteiger partial charge in [-0.25, -0.2) is 29.9 Å². The lowest BCUT2D eigenvalue weighted by Gasteiger charge is -2.30. The van der Waals surface area contributed by atoms with Crippen molar-refractivity contribution in [3.8, 4) is 11.8 Å². The van der Waals surface area contributed by atoms with Crippen LogP contribution in [0.25, 0.3) is 43.6 Å². The number of ether oxygens (including phenoxy) is 2. The summed E-state index contributed by atoms with van der Waals surface area (Å²) in [4.78, 5) is 94.0. The van der Waals surface area contributed by atoms with E-state index in [1.807, 2.05) is 200 Å². The number of carbonyl (C=O) groups is 4. The van der Waals surface area contributed by atoms with Crippen molar-refractivity contribution < 1.29 is 49.1 Å². The van der Waals surface area contributed by atoms with E-state index in [4.69, 9.17) is 24.5 Å². The number of aliphatic hydroxyl groups is 4. The summed E-state index contributed by atoms with van der Waals surface area (Å²) in [6.07, 6.45) is 8.97. The molecule has 0 spiro atoms. The summed E-state index contributed by atoms with van der Waals surface area (Å²) in [5.41, 5.74) is 11.0. The number of benzene rings is 7. The van der Waals surface area contributed by atoms with Gasteiger partial charge in [0.25, 0.3) is 0 Å². The second kappa shape index (κ2) is 27.1. The number of aryl methyl sites for hydroxylation is 6. The fourth-order valence-corrected chi connectivity index (χ4v) is 18.0. The number of thiophene rings is 1. The number of anilines is 4. The Bertz CT molecular complexity index is 6210. The van der Waals surface area contributed by atoms with Gasteiger partial charge in [0, 0.05) is 136 Å². The molecule has 0 saturated carbocycles. The molecule has 4 saturated heterocycles. The van der Waals surface area contributed by atoms with E-state index in [1.54, 1.807) is 44.0 Å². The highest BCUT2D eigenvalue weighted by Gasteiger charge is 2.57. The van der Waals surface area contributed by atoms with Crippen molar-refractivity contribution in [3.05, 3.63) is 231 Å². The molecule has 24 heteroatoms. The highest BCUT2D eigenvalue weighted by molar-refractivity contribution is 7.16. The van der Waals surface area contributed by atoms with Crippen LogP contribution in [-0.2, 0) is 12.8 Å². The molecule has 23 nitrogen and oxygen atoms in total. The highest BCUT2D eigenvalue weighted by atomic mass is 32.1. The van der Waals surface area contributed by atoms with Crippen LogP contribution in [0.1, 0.15) is 118 Å². The van der Waals surface area contributed by atoms with Crippen molar-refractivity contribution in [3.63, 3.8) is 0 Å². The van der Waals surface area contributed by atoms with E-state index in [9.17, 15) is 39.6 Å². The molecule has 0 radical (unpaired) electrons. The predicted molar refractivity (Wildman–Crippen MR) is 435 cm³/mol. The maximum absolute atomic E-state index is 13.4. The van der Waals surface area contributed by atoms with Crippen molar-refractivity contribution in [2.45, 2.75) is 108 Å². The predicted octanol–water partition coefficient (Wildman–Crippen LogP) is 14.3. The van der Waals surface area contributed by atoms with Crippen molar-refractivity contribution >= 4 is 146 Å². The Labute approximate surface area is 647 Å². The number of carbonyl (C=O) groups excluding carboxylic acids is 4. The second-order valence-electron chi connectivity index (χ2n) is 30.0. The van der Waals surface area contributed by atoms with Crippen molar-refractivity contribution in [1.82, 2.24) is 25.1 Å². The molecule has 4 N–H and O–H groups in total. The van der Waals surface area contributed by atoms with Crippen molar-refractivity contribution in [2.24, 2.45) is 20.0 Å². The molecular weight excluding hydrogens is 1430 g/mol. The third-order valence-electron chi connectivity index (χ3n) is 23.2. The summed E-state index contributed by atoms with van der Waals surface area (Å²) in [6.45, 7) is 12.0. The first kappa shape index (κ1) is 71.4. The maximum atomic E-state index is 13.4. The average Bonchev–Trinajstić information content (AvgIpc) is 1.56. The summed E-state index contributed by atoms with van der Waals surface area (Å²) < 4.78 is 10.4. The average molecular weight is 1510 g/mol. The van der Waals surface area contributed by atoms with Crippen LogP contribution < -0.4 is 29.1 Å². The molecule has 112 heavy (non-hydrogen) atoms. The van der Waals surface area contributed by atoms with E-state index in [-0.39, 0.29) is 23.1 Å². The number of ketones is 4. The number of nitrogens with zero attached hydrogens (tertiary/aromatic N) is 13. The van der Waals surface area contributed by atoms with Crippen LogP contribution >= 0.6 is 11.3 Å². The number of hydrogen-bond acceptors (Lipinski definition) is 24. The first-order valence-electron chi connectivity index (χ1n) is 37.5. The Morgan fingerprint density at radius 1 is 0.411 bits per heavy atom. The van der Waals surface area contributed by atoms with Crippen LogP contribution in [0.4, 0.5) is 44.8 Å². The Kier molecular flexibility index (Phi) is 17.3. The minimum absolute atomic E-state index is 0.156. The molecule has 21 rings (SSSR count). The molecule has 0 bridgehead atoms. The van der Waals surface area contributed by atoms with Gasteiger partial charge in [-0.2, -0.15) is 10.2 Å². The third kappa shape index (κ3) is 11.7. The van der Waals surface area contributed by atoms with E-state index >= 15 is 0 Å². The zero-order valence-corrected chi connectivity index (χ0v) is 63.4. The summed E-state index contributed by atoms with van der Waals surface area (Å²) >= 11 is 1.63. The van der Waals surface area contributed by atoms with E-state index in [0.29, 0.717) is 126 Å². The largest absolute Gasteiger partial charge is 0.481 e. The Balaban J connectivity index is 0.000000104. The summed E-state index contributed by atoms with van der Waals surface area (Å²) in [6, 6.07) is 49.9. The smallest absolute Gasteiger partial charge is 0.213 e. The van der Waals surface area contributed by atoms with Gasteiger partial charge in [-0.1, -0.05) is 17.7 Å². The summed E-state index contributed by atoms with van der Waals surface area (Å²) in [5.74, 6) is 1.85. The standard InChI is InChI=1S/C23H21N3O3.C22H19N3O3.C22H19N3O2S.C21H18N4O2/c1-13-10-17-19(11-14(13)2)25-22-23(28,21(17)27)8-9-26(22)16-5-6-18-15(12-16)4-7-20(24-18)29-3;1-13-3-6-18-16(11-13)20(26)22(27)9-10-25(21(22)24-18)15-5-7-17-14(12-15)4-8-19(23-17)28-2;26-19-18-15-5-1-2-6-17(15)28-20(18)24-21-22(19,27)9-11-25(21)14-7-8-16-13(12-14)4-3-10-23-16;1-12-9-16-18(10-13(12)2)23-20-21(27,19(16)26)6-8-25(20)15-3-4-17-14(11-15)5-7-22-24-17/h4-7,10-12,28H,8-9H2,1-3H3;3-8,11-12,27H,9-10H2,1-2H3;3-4,7-8,10,12,27H,1-2,5-6,9,11H2;3-5,7,9-11,27H,6,8H2,1-2H3/t23-;2*22-;21-/m1111/s1. The number of hydrogen-bond donors (Lipinski definition) is 4. The Morgan fingerprint density at radius 2 is 0.839 bits per heavy atom. The molecule has 9 aliphatic rings. The number of aromatic nitrogens is 5. The first-order chi connectivity index (χ1) is 54.0. The molecule has 0 amide bonds. The quantitative estimate of drug-likeness (QED) is 0.120. The molecule has 1 aliphatic carbocycles. The van der Waals surface area contributed by atoms with Crippen LogP contribution in [0.3, 0.4) is 0 Å². The van der Waals surface area contributed by atoms with Gasteiger partial charge in [-0.3, -0.25) is 24.2 Å². The molecule has 4 atom stereocenters. The summed E-state index contributed by atoms with van der Waals surface area (Å²) in [7, 11) is 3.18. The highest BCUT2D eigenvalue weighted by Crippen LogP contribution is 2.49. The third-order valence-corrected chi connectivity index (χ3v) is 24.4. The van der Waals surface area contributed by atoms with Gasteiger partial charge in [0.1, 0.15) is 22.5 Å². The number of Topliss-reactive ketones (excluding diaryl/α,β-unsaturated/α-hetero) is 4. The van der Waals surface area contributed by atoms with Crippen molar-refractivity contribution in [1.29, 1.82) is 0 Å². The normalized spacial score (nSPS) is 21.5. The zero-order valence-electron chi connectivity index (χ0n) is 62.6. The number of aliphatic imine (C=N–C) groups is 4. The zero-order chi connectivity index (χ0) is 77.4. The molecular formula is C88H77N13O10S. The fraction of sp³-hybridized carbons (Fsp3) is 0.261. The maximum Gasteiger partial charge on any atom is 0.213 e. The number of methoxy groups -OCH3 is 2. The van der Waals surface area contributed by atoms with Crippen LogP contribution in [-0.4, -0.2) is 155 Å². The Morgan fingerprint density at radius 3 is 1.35 bits per heavy atom. The van der Waals surface area contributed by atoms with Crippen LogP contribution in [0.15, 0.2) is 190 Å².